The average Bonchev–Trinajstić information content (AvgIpc) is 2.49. The van der Waals surface area contributed by atoms with Crippen LogP contribution in [-0.2, 0) is 0 Å². The summed E-state index contributed by atoms with van der Waals surface area (Å²) < 4.78 is 0. The molecule has 0 amide bonds. The number of hydrogen-bond donors (Lipinski definition) is 0. The molecule has 1 heterocycles. The van der Waals surface area contributed by atoms with Gasteiger partial charge in [0.1, 0.15) is 0 Å². The molecule has 0 fully saturated rings. The van der Waals surface area contributed by atoms with E-state index in [1.54, 1.807) is 0 Å². The van der Waals surface area contributed by atoms with Crippen molar-refractivity contribution in [3.8, 4) is 0 Å². The quantitative estimate of drug-likeness (QED) is 0.630. The Morgan fingerprint density at radius 3 is 2.46 bits per heavy atom. The summed E-state index contributed by atoms with van der Waals surface area (Å²) in [6.07, 6.45) is 2.32. The zero-order valence-corrected chi connectivity index (χ0v) is 8.20. The van der Waals surface area contributed by atoms with Gasteiger partial charge in [0.05, 0.1) is 0 Å². The van der Waals surface area contributed by atoms with Crippen molar-refractivity contribution in [1.29, 1.82) is 0 Å². The van der Waals surface area contributed by atoms with Crippen molar-refractivity contribution < 1.29 is 0 Å². The van der Waals surface area contributed by atoms with Crippen molar-refractivity contribution in [1.82, 2.24) is 4.90 Å². The minimum Gasteiger partial charge on any atom is -0.296 e. The predicted molar refractivity (Wildman–Crippen MR) is 56.5 cm³/mol. The summed E-state index contributed by atoms with van der Waals surface area (Å²) >= 11 is 0. The highest BCUT2D eigenvalue weighted by molar-refractivity contribution is 5.71. The van der Waals surface area contributed by atoms with E-state index in [1.807, 2.05) is 0 Å². The van der Waals surface area contributed by atoms with Crippen molar-refractivity contribution in [2.24, 2.45) is 0 Å². The Morgan fingerprint density at radius 1 is 1.23 bits per heavy atom. The summed E-state index contributed by atoms with van der Waals surface area (Å²) in [4.78, 5) is 2.35. The highest BCUT2D eigenvalue weighted by atomic mass is 15.1. The lowest BCUT2D eigenvalue weighted by Crippen LogP contribution is -2.24. The first-order valence-corrected chi connectivity index (χ1v) is 4.75. The highest BCUT2D eigenvalue weighted by Gasteiger charge is 2.20. The molecule has 1 aliphatic rings. The summed E-state index contributed by atoms with van der Waals surface area (Å²) in [7, 11) is 2.16. The molecule has 1 heteroatoms. The molecule has 0 radical (unpaired) electrons. The molecule has 1 atom stereocenters. The maximum Gasteiger partial charge on any atom is 0.0323 e. The minimum atomic E-state index is 0.558. The molecule has 0 aliphatic carbocycles. The summed E-state index contributed by atoms with van der Waals surface area (Å²) in [5, 5.41) is 0. The monoisotopic (exact) mass is 173 g/mol. The van der Waals surface area contributed by atoms with Gasteiger partial charge in [-0.25, -0.2) is 0 Å². The van der Waals surface area contributed by atoms with E-state index < -0.39 is 0 Å². The Labute approximate surface area is 79.7 Å². The molecule has 0 saturated heterocycles. The third-order valence-electron chi connectivity index (χ3n) is 2.82. The van der Waals surface area contributed by atoms with Crippen LogP contribution in [0.25, 0.3) is 5.57 Å². The van der Waals surface area contributed by atoms with E-state index in [1.165, 1.54) is 11.1 Å². The average molecular weight is 173 g/mol. The fraction of sp³-hybridized carbons (Fsp3) is 0.333. The lowest BCUT2D eigenvalue weighted by atomic mass is 10.0. The standard InChI is InChI=1S/C12H15N/c1-10-12(8-9-13(10)2)11-6-4-3-5-7-11/h3-8,10H,9H2,1-2H3. The third kappa shape index (κ3) is 1.52. The maximum atomic E-state index is 2.35. The van der Waals surface area contributed by atoms with Gasteiger partial charge in [0.15, 0.2) is 0 Å². The topological polar surface area (TPSA) is 3.24 Å². The number of rotatable bonds is 1. The highest BCUT2D eigenvalue weighted by Crippen LogP contribution is 2.25. The fourth-order valence-corrected chi connectivity index (χ4v) is 1.80. The Hall–Kier alpha value is -1.08. The van der Waals surface area contributed by atoms with Gasteiger partial charge in [-0.1, -0.05) is 36.4 Å². The van der Waals surface area contributed by atoms with E-state index in [0.29, 0.717) is 6.04 Å². The van der Waals surface area contributed by atoms with Crippen molar-refractivity contribution in [3.05, 3.63) is 42.0 Å². The SMILES string of the molecule is CC1C(c2ccccc2)=CCN1C. The third-order valence-corrected chi connectivity index (χ3v) is 2.82. The number of hydrogen-bond acceptors (Lipinski definition) is 1. The van der Waals surface area contributed by atoms with Crippen LogP contribution in [0.3, 0.4) is 0 Å². The molecule has 1 nitrogen and oxygen atoms in total. The Balaban J connectivity index is 2.29. The lowest BCUT2D eigenvalue weighted by Gasteiger charge is -2.18. The number of nitrogens with zero attached hydrogens (tertiary/aromatic N) is 1. The molecule has 0 saturated carbocycles. The van der Waals surface area contributed by atoms with Gasteiger partial charge in [0.2, 0.25) is 0 Å². The molecule has 1 aromatic carbocycles. The second-order valence-corrected chi connectivity index (χ2v) is 3.64. The van der Waals surface area contributed by atoms with Gasteiger partial charge < -0.3 is 0 Å². The van der Waals surface area contributed by atoms with E-state index in [2.05, 4.69) is 55.3 Å². The second-order valence-electron chi connectivity index (χ2n) is 3.64. The van der Waals surface area contributed by atoms with Crippen LogP contribution in [0.15, 0.2) is 36.4 Å². The summed E-state index contributed by atoms with van der Waals surface area (Å²) in [6.45, 7) is 3.33. The van der Waals surface area contributed by atoms with E-state index in [0.717, 1.165) is 6.54 Å². The van der Waals surface area contributed by atoms with Gasteiger partial charge in [-0.3, -0.25) is 4.90 Å². The second kappa shape index (κ2) is 3.35. The van der Waals surface area contributed by atoms with Crippen LogP contribution in [0.1, 0.15) is 12.5 Å². The number of likely N-dealkylation sites (N-methyl/N-ethyl adjacent to an activating group) is 1. The van der Waals surface area contributed by atoms with E-state index >= 15 is 0 Å². The van der Waals surface area contributed by atoms with Crippen LogP contribution in [0.2, 0.25) is 0 Å². The van der Waals surface area contributed by atoms with E-state index in [4.69, 9.17) is 0 Å². The van der Waals surface area contributed by atoms with Crippen LogP contribution in [0, 0.1) is 0 Å². The normalized spacial score (nSPS) is 23.2. The van der Waals surface area contributed by atoms with Crippen LogP contribution in [-0.4, -0.2) is 24.5 Å². The van der Waals surface area contributed by atoms with Crippen molar-refractivity contribution in [2.45, 2.75) is 13.0 Å². The Kier molecular flexibility index (Phi) is 2.19. The van der Waals surface area contributed by atoms with Crippen LogP contribution in [0.5, 0.6) is 0 Å². The fourth-order valence-electron chi connectivity index (χ4n) is 1.80. The number of benzene rings is 1. The van der Waals surface area contributed by atoms with Gasteiger partial charge in [-0.2, -0.15) is 0 Å². The van der Waals surface area contributed by atoms with E-state index in [9.17, 15) is 0 Å². The molecule has 68 valence electrons. The van der Waals surface area contributed by atoms with Crippen molar-refractivity contribution >= 4 is 5.57 Å². The lowest BCUT2D eigenvalue weighted by molar-refractivity contribution is 0.357. The Morgan fingerprint density at radius 2 is 1.92 bits per heavy atom. The van der Waals surface area contributed by atoms with E-state index in [-0.39, 0.29) is 0 Å². The molecule has 1 aliphatic heterocycles. The predicted octanol–water partition coefficient (Wildman–Crippen LogP) is 2.40. The van der Waals surface area contributed by atoms with Crippen LogP contribution in [0.4, 0.5) is 0 Å². The smallest absolute Gasteiger partial charge is 0.0323 e. The van der Waals surface area contributed by atoms with Gasteiger partial charge in [0.25, 0.3) is 0 Å². The summed E-state index contributed by atoms with van der Waals surface area (Å²) in [6, 6.07) is 11.2. The zero-order chi connectivity index (χ0) is 9.26. The first-order chi connectivity index (χ1) is 6.29. The van der Waals surface area contributed by atoms with Crippen LogP contribution < -0.4 is 0 Å². The molecule has 1 aromatic rings. The van der Waals surface area contributed by atoms with Gasteiger partial charge in [-0.05, 0) is 25.1 Å². The van der Waals surface area contributed by atoms with Gasteiger partial charge in [0, 0.05) is 12.6 Å². The molecule has 0 spiro atoms. The first kappa shape index (κ1) is 8.52. The maximum absolute atomic E-state index is 2.35. The molecule has 13 heavy (non-hydrogen) atoms. The van der Waals surface area contributed by atoms with Crippen molar-refractivity contribution in [3.63, 3.8) is 0 Å². The molecule has 2 rings (SSSR count). The summed E-state index contributed by atoms with van der Waals surface area (Å²) in [5.41, 5.74) is 2.82. The van der Waals surface area contributed by atoms with Gasteiger partial charge in [-0.15, -0.1) is 0 Å². The van der Waals surface area contributed by atoms with Crippen LogP contribution >= 0.6 is 0 Å². The summed E-state index contributed by atoms with van der Waals surface area (Å²) in [5.74, 6) is 0. The molecule has 0 N–H and O–H groups in total. The first-order valence-electron chi connectivity index (χ1n) is 4.75. The largest absolute Gasteiger partial charge is 0.296 e. The molecular formula is C12H15N. The molecule has 1 unspecified atom stereocenters. The van der Waals surface area contributed by atoms with Crippen molar-refractivity contribution in [2.75, 3.05) is 13.6 Å². The molecular weight excluding hydrogens is 158 g/mol. The molecule has 0 bridgehead atoms. The minimum absolute atomic E-state index is 0.558. The van der Waals surface area contributed by atoms with Gasteiger partial charge >= 0.3 is 0 Å². The Bertz CT molecular complexity index is 313. The molecule has 0 aromatic heterocycles. The zero-order valence-electron chi connectivity index (χ0n) is 8.20.